The summed E-state index contributed by atoms with van der Waals surface area (Å²) in [6.45, 7) is 0.0872. The fraction of sp³-hybridized carbons (Fsp3) is 0. The van der Waals surface area contributed by atoms with Crippen molar-refractivity contribution in [1.29, 1.82) is 0 Å². The molecule has 0 N–H and O–H groups in total. The standard InChI is InChI=1S/C48H32BN3S/c1-5-16-33(17-6-1)50(34-18-7-2-8-19-34)37-28-29-38-39-31-45-41(32-47(39)53-46(38)30-37)49-40-24-13-14-25-42(40)51(35-20-9-3-10-21-35)43-26-15-27-44(48(43)49)52(45)36-22-11-4-12-23-36/h1-32H. The number of para-hydroxylation sites is 5. The molecule has 5 heteroatoms. The lowest BCUT2D eigenvalue weighted by molar-refractivity contribution is 1.26. The highest BCUT2D eigenvalue weighted by Crippen LogP contribution is 2.47. The van der Waals surface area contributed by atoms with Gasteiger partial charge in [0.15, 0.2) is 0 Å². The third-order valence-corrected chi connectivity index (χ3v) is 11.9. The van der Waals surface area contributed by atoms with Gasteiger partial charge in [-0.25, -0.2) is 0 Å². The molecule has 0 saturated carbocycles. The molecule has 0 atom stereocenters. The summed E-state index contributed by atoms with van der Waals surface area (Å²) in [6.07, 6.45) is 0. The van der Waals surface area contributed by atoms with E-state index < -0.39 is 0 Å². The second-order valence-corrected chi connectivity index (χ2v) is 14.8. The second kappa shape index (κ2) is 12.0. The summed E-state index contributed by atoms with van der Waals surface area (Å²) in [5.74, 6) is 0. The van der Waals surface area contributed by atoms with Crippen LogP contribution in [0.2, 0.25) is 0 Å². The van der Waals surface area contributed by atoms with E-state index in [2.05, 4.69) is 209 Å². The van der Waals surface area contributed by atoms with Crippen molar-refractivity contribution < 1.29 is 0 Å². The highest BCUT2D eigenvalue weighted by molar-refractivity contribution is 7.26. The van der Waals surface area contributed by atoms with Crippen LogP contribution in [0.15, 0.2) is 194 Å². The van der Waals surface area contributed by atoms with Crippen LogP contribution in [-0.2, 0) is 0 Å². The molecule has 8 aromatic carbocycles. The molecule has 2 aliphatic heterocycles. The van der Waals surface area contributed by atoms with Crippen molar-refractivity contribution in [1.82, 2.24) is 0 Å². The summed E-state index contributed by atoms with van der Waals surface area (Å²) in [6, 6.07) is 70.7. The van der Waals surface area contributed by atoms with Gasteiger partial charge in [0.1, 0.15) is 0 Å². The van der Waals surface area contributed by atoms with Crippen LogP contribution in [0.5, 0.6) is 0 Å². The fourth-order valence-corrected chi connectivity index (χ4v) is 9.76. The summed E-state index contributed by atoms with van der Waals surface area (Å²) in [5, 5.41) is 2.57. The number of anilines is 9. The molecular weight excluding hydrogens is 661 g/mol. The molecule has 0 aliphatic carbocycles. The Balaban J connectivity index is 1.15. The Kier molecular flexibility index (Phi) is 6.82. The van der Waals surface area contributed by atoms with Crippen LogP contribution in [0.25, 0.3) is 20.2 Å². The van der Waals surface area contributed by atoms with Gasteiger partial charge in [0.05, 0.1) is 0 Å². The van der Waals surface area contributed by atoms with Crippen LogP contribution in [0.1, 0.15) is 0 Å². The Morgan fingerprint density at radius 2 is 0.906 bits per heavy atom. The summed E-state index contributed by atoms with van der Waals surface area (Å²) in [5.41, 5.74) is 14.7. The van der Waals surface area contributed by atoms with Gasteiger partial charge in [-0.3, -0.25) is 0 Å². The van der Waals surface area contributed by atoms with Gasteiger partial charge in [-0.15, -0.1) is 11.3 Å². The Morgan fingerprint density at radius 3 is 1.55 bits per heavy atom. The van der Waals surface area contributed by atoms with Crippen molar-refractivity contribution in [2.75, 3.05) is 14.7 Å². The zero-order valence-corrected chi connectivity index (χ0v) is 29.6. The molecule has 0 radical (unpaired) electrons. The van der Waals surface area contributed by atoms with Gasteiger partial charge >= 0.3 is 0 Å². The number of fused-ring (bicyclic) bond motifs is 7. The zero-order chi connectivity index (χ0) is 34.9. The number of hydrogen-bond donors (Lipinski definition) is 0. The molecule has 0 amide bonds. The molecule has 1 aromatic heterocycles. The van der Waals surface area contributed by atoms with Gasteiger partial charge in [-0.05, 0) is 107 Å². The van der Waals surface area contributed by atoms with Crippen LogP contribution in [-0.4, -0.2) is 6.71 Å². The summed E-state index contributed by atoms with van der Waals surface area (Å²) < 4.78 is 2.58. The highest BCUT2D eigenvalue weighted by Gasteiger charge is 2.43. The number of thiophene rings is 1. The molecule has 9 aromatic rings. The molecule has 3 heterocycles. The number of hydrogen-bond acceptors (Lipinski definition) is 4. The van der Waals surface area contributed by atoms with Crippen LogP contribution < -0.4 is 31.1 Å². The van der Waals surface area contributed by atoms with Crippen molar-refractivity contribution in [2.45, 2.75) is 0 Å². The van der Waals surface area contributed by atoms with Crippen molar-refractivity contribution in [3.8, 4) is 0 Å². The van der Waals surface area contributed by atoms with Gasteiger partial charge in [-0.2, -0.15) is 0 Å². The average molecular weight is 694 g/mol. The Morgan fingerprint density at radius 1 is 0.377 bits per heavy atom. The van der Waals surface area contributed by atoms with E-state index in [-0.39, 0.29) is 6.71 Å². The van der Waals surface area contributed by atoms with Gasteiger partial charge in [0.2, 0.25) is 0 Å². The second-order valence-electron chi connectivity index (χ2n) is 13.7. The highest BCUT2D eigenvalue weighted by atomic mass is 32.1. The van der Waals surface area contributed by atoms with Crippen molar-refractivity contribution in [3.63, 3.8) is 0 Å². The minimum Gasteiger partial charge on any atom is -0.311 e. The van der Waals surface area contributed by atoms with Gasteiger partial charge in [0, 0.05) is 71.4 Å². The van der Waals surface area contributed by atoms with Gasteiger partial charge in [0.25, 0.3) is 6.71 Å². The molecular formula is C48H32BN3S. The maximum absolute atomic E-state index is 2.50. The quantitative estimate of drug-likeness (QED) is 0.166. The lowest BCUT2D eigenvalue weighted by Crippen LogP contribution is -2.61. The third-order valence-electron chi connectivity index (χ3n) is 10.8. The first kappa shape index (κ1) is 30.1. The van der Waals surface area contributed by atoms with Crippen molar-refractivity contribution in [2.24, 2.45) is 0 Å². The monoisotopic (exact) mass is 693 g/mol. The van der Waals surface area contributed by atoms with E-state index in [4.69, 9.17) is 0 Å². The predicted octanol–water partition coefficient (Wildman–Crippen LogP) is 11.6. The number of benzene rings is 8. The summed E-state index contributed by atoms with van der Waals surface area (Å²) in [4.78, 5) is 7.29. The lowest BCUT2D eigenvalue weighted by Gasteiger charge is -2.44. The summed E-state index contributed by atoms with van der Waals surface area (Å²) in [7, 11) is 0. The molecule has 11 rings (SSSR count). The van der Waals surface area contributed by atoms with E-state index in [9.17, 15) is 0 Å². The molecule has 3 nitrogen and oxygen atoms in total. The third kappa shape index (κ3) is 4.68. The molecule has 0 fully saturated rings. The van der Waals surface area contributed by atoms with Gasteiger partial charge in [-0.1, -0.05) is 103 Å². The zero-order valence-electron chi connectivity index (χ0n) is 28.8. The Hall–Kier alpha value is -6.56. The van der Waals surface area contributed by atoms with Gasteiger partial charge < -0.3 is 14.7 Å². The molecule has 0 spiro atoms. The first-order chi connectivity index (χ1) is 26.3. The minimum absolute atomic E-state index is 0.0872. The molecule has 248 valence electrons. The minimum atomic E-state index is 0.0872. The fourth-order valence-electron chi connectivity index (χ4n) is 8.59. The lowest BCUT2D eigenvalue weighted by atomic mass is 9.33. The van der Waals surface area contributed by atoms with Crippen molar-refractivity contribution >= 4 is 106 Å². The maximum atomic E-state index is 2.50. The summed E-state index contributed by atoms with van der Waals surface area (Å²) >= 11 is 1.89. The van der Waals surface area contributed by atoms with E-state index in [1.807, 2.05) is 11.3 Å². The van der Waals surface area contributed by atoms with Crippen LogP contribution >= 0.6 is 11.3 Å². The molecule has 0 unspecified atom stereocenters. The Labute approximate surface area is 313 Å². The smallest absolute Gasteiger partial charge is 0.252 e. The average Bonchev–Trinajstić information content (AvgIpc) is 3.58. The largest absolute Gasteiger partial charge is 0.311 e. The molecule has 53 heavy (non-hydrogen) atoms. The molecule has 2 aliphatic rings. The molecule has 0 saturated heterocycles. The van der Waals surface area contributed by atoms with Crippen molar-refractivity contribution in [3.05, 3.63) is 194 Å². The van der Waals surface area contributed by atoms with E-state index in [1.54, 1.807) is 0 Å². The number of nitrogens with zero attached hydrogens (tertiary/aromatic N) is 3. The first-order valence-corrected chi connectivity index (χ1v) is 19.0. The van der Waals surface area contributed by atoms with Crippen LogP contribution in [0.4, 0.5) is 51.2 Å². The van der Waals surface area contributed by atoms with E-state index in [1.165, 1.54) is 65.0 Å². The predicted molar refractivity (Wildman–Crippen MR) is 228 cm³/mol. The number of rotatable bonds is 5. The van der Waals surface area contributed by atoms with E-state index >= 15 is 0 Å². The first-order valence-electron chi connectivity index (χ1n) is 18.1. The Bertz CT molecular complexity index is 2760. The molecule has 0 bridgehead atoms. The van der Waals surface area contributed by atoms with Crippen LogP contribution in [0.3, 0.4) is 0 Å². The van der Waals surface area contributed by atoms with Crippen LogP contribution in [0, 0.1) is 0 Å². The van der Waals surface area contributed by atoms with E-state index in [0.29, 0.717) is 0 Å². The topological polar surface area (TPSA) is 9.72 Å². The maximum Gasteiger partial charge on any atom is 0.252 e. The SMILES string of the molecule is c1ccc(N(c2ccccc2)c2ccc3c(c2)sc2cc4c(cc23)N(c2ccccc2)c2cccc3c2B4c2ccccc2N3c2ccccc2)cc1. The van der Waals surface area contributed by atoms with E-state index in [0.717, 1.165) is 22.7 Å². The normalized spacial score (nSPS) is 12.8.